The number of amides is 3. The molecule has 3 amide bonds. The highest BCUT2D eigenvalue weighted by atomic mass is 16.6. The summed E-state index contributed by atoms with van der Waals surface area (Å²) in [5.74, 6) is -5.26. The van der Waals surface area contributed by atoms with Crippen LogP contribution in [-0.2, 0) is 32.0 Å². The molecule has 0 saturated carbocycles. The number of aliphatic carboxylic acids is 1. The van der Waals surface area contributed by atoms with Crippen molar-refractivity contribution in [1.29, 1.82) is 0 Å². The van der Waals surface area contributed by atoms with Gasteiger partial charge in [-0.1, -0.05) is 50.2 Å². The maximum absolute atomic E-state index is 14.3. The van der Waals surface area contributed by atoms with Crippen molar-refractivity contribution in [2.24, 2.45) is 11.7 Å². The second kappa shape index (κ2) is 18.9. The number of carbonyl (C=O) groups is 4. The van der Waals surface area contributed by atoms with Crippen molar-refractivity contribution >= 4 is 35.1 Å². The van der Waals surface area contributed by atoms with Gasteiger partial charge in [0.1, 0.15) is 17.8 Å². The molecule has 0 radical (unpaired) electrons. The van der Waals surface area contributed by atoms with E-state index in [0.717, 1.165) is 18.2 Å². The number of ether oxygens (including phenoxy) is 3. The van der Waals surface area contributed by atoms with Gasteiger partial charge in [0.2, 0.25) is 29.2 Å². The van der Waals surface area contributed by atoms with E-state index >= 15 is 0 Å². The third-order valence-electron chi connectivity index (χ3n) is 9.24. The fourth-order valence-corrected chi connectivity index (χ4v) is 6.34. The van der Waals surface area contributed by atoms with Gasteiger partial charge in [0.25, 0.3) is 5.69 Å². The number of aliphatic hydroxyl groups excluding tert-OH is 1. The minimum absolute atomic E-state index is 0.0213. The zero-order valence-corrected chi connectivity index (χ0v) is 32.0. The summed E-state index contributed by atoms with van der Waals surface area (Å²) < 4.78 is 17.7. The zero-order valence-electron chi connectivity index (χ0n) is 32.0. The van der Waals surface area contributed by atoms with Crippen LogP contribution in [0.5, 0.6) is 28.7 Å². The second-order valence-electron chi connectivity index (χ2n) is 14.1. The Morgan fingerprint density at radius 1 is 0.949 bits per heavy atom. The Morgan fingerprint density at radius 3 is 2.25 bits per heavy atom. The number of nitro groups is 2. The molecule has 7 N–H and O–H groups in total. The summed E-state index contributed by atoms with van der Waals surface area (Å²) in [6.07, 6.45) is -2.52. The van der Waals surface area contributed by atoms with Gasteiger partial charge in [-0.15, -0.1) is 0 Å². The standard InChI is InChI=1S/C40H42N6O13/c1-21(2)15-27(41)37(48)42-29-17-23-9-14-31(30(18-23)46(55)56)59-33-20-24(19-32(36(33)57-3)58-26-12-10-25(11-13-26)45(53)54)34(35(47)40(51)52)44-39(50)28(43-38(29)49)16-22-7-5-4-6-8-22/h4-14,18-21,27-29,34-35,47H,15-17,41H2,1-3H3,(H,42,48)(H,43,49)(H,44,50)(H,51,52)/t27-,28-,29+,34-,35-/m1/s1. The van der Waals surface area contributed by atoms with Crippen LogP contribution in [0.25, 0.3) is 0 Å². The number of nitro benzene ring substituents is 2. The van der Waals surface area contributed by atoms with E-state index in [2.05, 4.69) is 16.0 Å². The van der Waals surface area contributed by atoms with Gasteiger partial charge in [0.15, 0.2) is 17.6 Å². The third kappa shape index (κ3) is 10.8. The number of carboxylic acid groups (broad SMARTS) is 1. The molecule has 0 aromatic heterocycles. The lowest BCUT2D eigenvalue weighted by molar-refractivity contribution is -0.385. The smallest absolute Gasteiger partial charge is 0.335 e. The van der Waals surface area contributed by atoms with Crippen molar-refractivity contribution in [3.63, 3.8) is 0 Å². The summed E-state index contributed by atoms with van der Waals surface area (Å²) in [5.41, 5.74) is 5.92. The van der Waals surface area contributed by atoms with Crippen molar-refractivity contribution in [3.05, 3.63) is 122 Å². The van der Waals surface area contributed by atoms with E-state index < -0.39 is 69.5 Å². The number of methoxy groups -OCH3 is 1. The average Bonchev–Trinajstić information content (AvgIpc) is 3.19. The summed E-state index contributed by atoms with van der Waals surface area (Å²) in [5, 5.41) is 52.7. The molecule has 0 aliphatic carbocycles. The number of nitrogens with zero attached hydrogens (tertiary/aromatic N) is 2. The molecule has 0 saturated heterocycles. The number of nitrogens with two attached hydrogens (primary N) is 1. The fraction of sp³-hybridized carbons (Fsp3) is 0.300. The Morgan fingerprint density at radius 2 is 1.64 bits per heavy atom. The van der Waals surface area contributed by atoms with Gasteiger partial charge >= 0.3 is 11.7 Å². The molecular weight excluding hydrogens is 772 g/mol. The van der Waals surface area contributed by atoms with Crippen molar-refractivity contribution in [3.8, 4) is 28.7 Å². The van der Waals surface area contributed by atoms with Gasteiger partial charge < -0.3 is 46.1 Å². The first kappa shape index (κ1) is 43.0. The first-order valence-electron chi connectivity index (χ1n) is 18.3. The molecule has 4 bridgehead atoms. The van der Waals surface area contributed by atoms with Crippen LogP contribution in [0.4, 0.5) is 11.4 Å². The number of rotatable bonds is 13. The SMILES string of the molecule is COc1c(Oc2ccc([N+](=O)[O-])cc2)cc2cc1Oc1ccc(cc1[N+](=O)[O-])C[C@H](NC(=O)[C@H](N)CC(C)C)C(=O)N[C@H](Cc1ccccc1)C(=O)N[C@H]2[C@@H](O)C(=O)O. The Kier molecular flexibility index (Phi) is 13.8. The number of benzene rings is 4. The fourth-order valence-electron chi connectivity index (χ4n) is 6.34. The molecule has 6 rings (SSSR count). The predicted octanol–water partition coefficient (Wildman–Crippen LogP) is 3.84. The van der Waals surface area contributed by atoms with Crippen LogP contribution < -0.4 is 35.9 Å². The van der Waals surface area contributed by atoms with E-state index in [1.807, 2.05) is 13.8 Å². The van der Waals surface area contributed by atoms with E-state index in [-0.39, 0.29) is 70.7 Å². The predicted molar refractivity (Wildman–Crippen MR) is 209 cm³/mol. The van der Waals surface area contributed by atoms with E-state index in [1.165, 1.54) is 43.5 Å². The first-order valence-corrected chi connectivity index (χ1v) is 18.3. The lowest BCUT2D eigenvalue weighted by atomic mass is 9.97. The van der Waals surface area contributed by atoms with E-state index in [1.54, 1.807) is 30.3 Å². The van der Waals surface area contributed by atoms with Crippen LogP contribution in [-0.4, -0.2) is 75.1 Å². The minimum atomic E-state index is -2.34. The van der Waals surface area contributed by atoms with Crippen LogP contribution >= 0.6 is 0 Å². The number of nitrogens with one attached hydrogen (secondary N) is 3. The van der Waals surface area contributed by atoms with Crippen LogP contribution in [0.1, 0.15) is 43.0 Å². The van der Waals surface area contributed by atoms with Gasteiger partial charge in [-0.05, 0) is 59.4 Å². The lowest BCUT2D eigenvalue weighted by Gasteiger charge is -2.28. The summed E-state index contributed by atoms with van der Waals surface area (Å²) in [7, 11) is 1.22. The average molecular weight is 815 g/mol. The quantitative estimate of drug-likeness (QED) is 0.0826. The number of non-ortho nitro benzene ring substituents is 1. The molecule has 2 aliphatic rings. The molecule has 19 nitrogen and oxygen atoms in total. The summed E-state index contributed by atoms with van der Waals surface area (Å²) >= 11 is 0. The molecule has 2 aliphatic heterocycles. The summed E-state index contributed by atoms with van der Waals surface area (Å²) in [6, 6.07) is 13.8. The third-order valence-corrected chi connectivity index (χ3v) is 9.24. The van der Waals surface area contributed by atoms with Gasteiger partial charge in [-0.3, -0.25) is 34.6 Å². The van der Waals surface area contributed by atoms with Crippen molar-refractivity contribution < 1.29 is 53.4 Å². The highest BCUT2D eigenvalue weighted by molar-refractivity contribution is 5.93. The van der Waals surface area contributed by atoms with E-state index in [4.69, 9.17) is 19.9 Å². The Bertz CT molecular complexity index is 2220. The second-order valence-corrected chi connectivity index (χ2v) is 14.1. The highest BCUT2D eigenvalue weighted by Crippen LogP contribution is 2.46. The van der Waals surface area contributed by atoms with Gasteiger partial charge in [0.05, 0.1) is 29.0 Å². The molecule has 0 unspecified atom stereocenters. The number of fused-ring (bicyclic) bond motifs is 9. The molecule has 0 spiro atoms. The number of hydrogen-bond acceptors (Lipinski definition) is 13. The molecule has 5 atom stereocenters. The summed E-state index contributed by atoms with van der Waals surface area (Å²) in [4.78, 5) is 76.5. The molecule has 0 fully saturated rings. The largest absolute Gasteiger partial charge is 0.490 e. The van der Waals surface area contributed by atoms with E-state index in [9.17, 15) is 49.6 Å². The number of aliphatic hydroxyl groups is 1. The molecule has 59 heavy (non-hydrogen) atoms. The topological polar surface area (TPSA) is 285 Å². The monoisotopic (exact) mass is 814 g/mol. The van der Waals surface area contributed by atoms with Crippen LogP contribution in [0, 0.1) is 26.1 Å². The number of carbonyl (C=O) groups excluding carboxylic acids is 3. The number of hydrogen-bond donors (Lipinski definition) is 6. The van der Waals surface area contributed by atoms with E-state index in [0.29, 0.717) is 5.56 Å². The summed E-state index contributed by atoms with van der Waals surface area (Å²) in [6.45, 7) is 3.71. The normalized spacial score (nSPS) is 17.8. The van der Waals surface area contributed by atoms with Crippen molar-refractivity contribution in [2.45, 2.75) is 63.4 Å². The number of carboxylic acids is 1. The Hall–Kier alpha value is -7.12. The Balaban J connectivity index is 1.71. The molecule has 310 valence electrons. The van der Waals surface area contributed by atoms with Gasteiger partial charge in [-0.2, -0.15) is 0 Å². The molecule has 19 heteroatoms. The van der Waals surface area contributed by atoms with Crippen LogP contribution in [0.3, 0.4) is 0 Å². The lowest BCUT2D eigenvalue weighted by Crippen LogP contribution is -2.57. The van der Waals surface area contributed by atoms with Crippen LogP contribution in [0.2, 0.25) is 0 Å². The molecule has 4 aromatic rings. The highest BCUT2D eigenvalue weighted by Gasteiger charge is 2.36. The molecule has 4 aromatic carbocycles. The molecular formula is C40H42N6O13. The van der Waals surface area contributed by atoms with Gasteiger partial charge in [-0.25, -0.2) is 4.79 Å². The van der Waals surface area contributed by atoms with Crippen LogP contribution in [0.15, 0.2) is 84.9 Å². The first-order chi connectivity index (χ1) is 28.0. The molecule has 2 heterocycles. The van der Waals surface area contributed by atoms with Gasteiger partial charge in [0, 0.05) is 31.0 Å². The maximum Gasteiger partial charge on any atom is 0.335 e. The van der Waals surface area contributed by atoms with Crippen molar-refractivity contribution in [2.75, 3.05) is 7.11 Å². The zero-order chi connectivity index (χ0) is 43.0. The Labute approximate surface area is 336 Å². The maximum atomic E-state index is 14.3. The minimum Gasteiger partial charge on any atom is -0.490 e. The van der Waals surface area contributed by atoms with Crippen molar-refractivity contribution in [1.82, 2.24) is 16.0 Å².